The van der Waals surface area contributed by atoms with Crippen molar-refractivity contribution in [3.63, 3.8) is 0 Å². The first-order chi connectivity index (χ1) is 8.79. The first-order valence-electron chi connectivity index (χ1n) is 7.46. The summed E-state index contributed by atoms with van der Waals surface area (Å²) in [5, 5.41) is 0. The number of Topliss-reactive ketones (excluding diaryl/α,β-unsaturated/α-hetero) is 1. The monoisotopic (exact) mass is 252 g/mol. The van der Waals surface area contributed by atoms with Crippen LogP contribution in [0.25, 0.3) is 0 Å². The van der Waals surface area contributed by atoms with Crippen LogP contribution < -0.4 is 0 Å². The van der Waals surface area contributed by atoms with Gasteiger partial charge in [-0.2, -0.15) is 0 Å². The van der Waals surface area contributed by atoms with Crippen LogP contribution >= 0.6 is 0 Å². The Bertz CT molecular complexity index is 241. The Morgan fingerprint density at radius 2 is 2.00 bits per heavy atom. The first-order valence-corrected chi connectivity index (χ1v) is 7.46. The second-order valence-corrected chi connectivity index (χ2v) is 5.41. The summed E-state index contributed by atoms with van der Waals surface area (Å²) in [4.78, 5) is 12.2. The highest BCUT2D eigenvalue weighted by atomic mass is 16.5. The lowest BCUT2D eigenvalue weighted by atomic mass is 9.83. The van der Waals surface area contributed by atoms with Crippen LogP contribution in [0.15, 0.2) is 12.7 Å². The van der Waals surface area contributed by atoms with Crippen LogP contribution in [0.3, 0.4) is 0 Å². The second-order valence-electron chi connectivity index (χ2n) is 5.41. The molecule has 0 radical (unpaired) electrons. The molecule has 1 rings (SSSR count). The molecule has 0 aliphatic heterocycles. The van der Waals surface area contributed by atoms with E-state index in [1.165, 1.54) is 32.1 Å². The standard InChI is InChI=1S/C16H28O2/c1-3-4-5-6-10-13-15(17)16(18-2)14-11-8-7-9-12-14/h3,14,16H,1,4-13H2,2H3. The van der Waals surface area contributed by atoms with E-state index in [1.54, 1.807) is 7.11 Å². The zero-order valence-corrected chi connectivity index (χ0v) is 11.8. The number of carbonyl (C=O) groups excluding carboxylic acids is 1. The summed E-state index contributed by atoms with van der Waals surface area (Å²) in [5.74, 6) is 0.799. The Balaban J connectivity index is 2.25. The minimum Gasteiger partial charge on any atom is -0.373 e. The van der Waals surface area contributed by atoms with Crippen molar-refractivity contribution in [2.24, 2.45) is 5.92 Å². The number of ether oxygens (including phenoxy) is 1. The molecule has 0 N–H and O–H groups in total. The minimum atomic E-state index is -0.135. The van der Waals surface area contributed by atoms with E-state index in [2.05, 4.69) is 6.58 Å². The van der Waals surface area contributed by atoms with Gasteiger partial charge in [0.05, 0.1) is 0 Å². The average Bonchev–Trinajstić information content (AvgIpc) is 2.40. The maximum absolute atomic E-state index is 12.2. The summed E-state index contributed by atoms with van der Waals surface area (Å²) in [6, 6.07) is 0. The molecule has 0 saturated heterocycles. The molecule has 0 aromatic heterocycles. The van der Waals surface area contributed by atoms with Crippen molar-refractivity contribution in [1.29, 1.82) is 0 Å². The molecular weight excluding hydrogens is 224 g/mol. The number of unbranched alkanes of at least 4 members (excludes halogenated alkanes) is 3. The van der Waals surface area contributed by atoms with Gasteiger partial charge in [0, 0.05) is 13.5 Å². The fourth-order valence-corrected chi connectivity index (χ4v) is 2.93. The van der Waals surface area contributed by atoms with Crippen LogP contribution in [0.4, 0.5) is 0 Å². The number of hydrogen-bond acceptors (Lipinski definition) is 2. The first kappa shape index (κ1) is 15.4. The van der Waals surface area contributed by atoms with Gasteiger partial charge in [0.25, 0.3) is 0 Å². The highest BCUT2D eigenvalue weighted by Gasteiger charge is 2.28. The van der Waals surface area contributed by atoms with Gasteiger partial charge in [-0.3, -0.25) is 4.79 Å². The van der Waals surface area contributed by atoms with Crippen molar-refractivity contribution in [3.8, 4) is 0 Å². The van der Waals surface area contributed by atoms with Gasteiger partial charge < -0.3 is 4.74 Å². The molecule has 2 nitrogen and oxygen atoms in total. The number of rotatable bonds is 9. The molecule has 1 aliphatic carbocycles. The third-order valence-corrected chi connectivity index (χ3v) is 3.98. The van der Waals surface area contributed by atoms with Crippen molar-refractivity contribution in [3.05, 3.63) is 12.7 Å². The summed E-state index contributed by atoms with van der Waals surface area (Å²) in [6.07, 6.45) is 13.0. The van der Waals surface area contributed by atoms with E-state index < -0.39 is 0 Å². The minimum absolute atomic E-state index is 0.135. The van der Waals surface area contributed by atoms with E-state index in [0.29, 0.717) is 18.1 Å². The molecule has 1 aliphatic rings. The maximum atomic E-state index is 12.2. The molecule has 2 heteroatoms. The number of ketones is 1. The Labute approximate surface area is 112 Å². The van der Waals surface area contributed by atoms with Crippen LogP contribution in [-0.4, -0.2) is 19.0 Å². The molecule has 1 atom stereocenters. The van der Waals surface area contributed by atoms with Crippen LogP contribution in [0.2, 0.25) is 0 Å². The molecule has 0 amide bonds. The second kappa shape index (κ2) is 9.32. The van der Waals surface area contributed by atoms with Gasteiger partial charge in [-0.1, -0.05) is 31.8 Å². The van der Waals surface area contributed by atoms with E-state index in [0.717, 1.165) is 25.7 Å². The number of hydrogen-bond donors (Lipinski definition) is 0. The van der Waals surface area contributed by atoms with Gasteiger partial charge in [0.2, 0.25) is 0 Å². The van der Waals surface area contributed by atoms with Crippen LogP contribution in [0.5, 0.6) is 0 Å². The Morgan fingerprint density at radius 1 is 1.28 bits per heavy atom. The van der Waals surface area contributed by atoms with E-state index in [-0.39, 0.29) is 6.10 Å². The molecule has 0 aromatic rings. The van der Waals surface area contributed by atoms with Gasteiger partial charge in [0.15, 0.2) is 5.78 Å². The molecule has 1 unspecified atom stereocenters. The molecule has 0 aromatic carbocycles. The predicted octanol–water partition coefficient (Wildman–Crippen LogP) is 4.29. The summed E-state index contributed by atoms with van der Waals surface area (Å²) in [5.41, 5.74) is 0. The number of methoxy groups -OCH3 is 1. The molecule has 104 valence electrons. The predicted molar refractivity (Wildman–Crippen MR) is 75.7 cm³/mol. The lowest BCUT2D eigenvalue weighted by Gasteiger charge is -2.28. The fourth-order valence-electron chi connectivity index (χ4n) is 2.93. The molecule has 0 heterocycles. The summed E-state index contributed by atoms with van der Waals surface area (Å²) in [7, 11) is 1.69. The van der Waals surface area contributed by atoms with Crippen molar-refractivity contribution in [1.82, 2.24) is 0 Å². The zero-order valence-electron chi connectivity index (χ0n) is 11.8. The topological polar surface area (TPSA) is 26.3 Å². The normalized spacial score (nSPS) is 18.5. The lowest BCUT2D eigenvalue weighted by Crippen LogP contribution is -2.32. The van der Waals surface area contributed by atoms with Crippen LogP contribution in [0.1, 0.15) is 64.2 Å². The van der Waals surface area contributed by atoms with Gasteiger partial charge >= 0.3 is 0 Å². The fraction of sp³-hybridized carbons (Fsp3) is 0.812. The molecule has 18 heavy (non-hydrogen) atoms. The zero-order chi connectivity index (χ0) is 13.2. The summed E-state index contributed by atoms with van der Waals surface area (Å²) in [6.45, 7) is 3.71. The van der Waals surface area contributed by atoms with Crippen molar-refractivity contribution >= 4 is 5.78 Å². The van der Waals surface area contributed by atoms with Crippen molar-refractivity contribution < 1.29 is 9.53 Å². The largest absolute Gasteiger partial charge is 0.373 e. The SMILES string of the molecule is C=CCCCCCC(=O)C(OC)C1CCCCC1. The van der Waals surface area contributed by atoms with E-state index >= 15 is 0 Å². The van der Waals surface area contributed by atoms with Crippen molar-refractivity contribution in [2.45, 2.75) is 70.3 Å². The molecule has 1 saturated carbocycles. The summed E-state index contributed by atoms with van der Waals surface area (Å²) < 4.78 is 5.46. The van der Waals surface area contributed by atoms with Gasteiger partial charge in [0.1, 0.15) is 6.10 Å². The van der Waals surface area contributed by atoms with Gasteiger partial charge in [-0.05, 0) is 38.0 Å². The van der Waals surface area contributed by atoms with Crippen LogP contribution in [-0.2, 0) is 9.53 Å². The third kappa shape index (κ3) is 5.34. The molecule has 1 fully saturated rings. The molecule has 0 bridgehead atoms. The molecular formula is C16H28O2. The Morgan fingerprint density at radius 3 is 2.61 bits per heavy atom. The molecule has 0 spiro atoms. The third-order valence-electron chi connectivity index (χ3n) is 3.98. The highest BCUT2D eigenvalue weighted by Crippen LogP contribution is 2.29. The number of allylic oxidation sites excluding steroid dienone is 1. The quantitative estimate of drug-likeness (QED) is 0.452. The average molecular weight is 252 g/mol. The maximum Gasteiger partial charge on any atom is 0.161 e. The van der Waals surface area contributed by atoms with Crippen molar-refractivity contribution in [2.75, 3.05) is 7.11 Å². The van der Waals surface area contributed by atoms with Gasteiger partial charge in [-0.15, -0.1) is 6.58 Å². The highest BCUT2D eigenvalue weighted by molar-refractivity contribution is 5.83. The summed E-state index contributed by atoms with van der Waals surface area (Å²) >= 11 is 0. The smallest absolute Gasteiger partial charge is 0.161 e. The van der Waals surface area contributed by atoms with E-state index in [4.69, 9.17) is 4.74 Å². The Hall–Kier alpha value is -0.630. The van der Waals surface area contributed by atoms with Gasteiger partial charge in [-0.25, -0.2) is 0 Å². The van der Waals surface area contributed by atoms with E-state index in [1.807, 2.05) is 6.08 Å². The lowest BCUT2D eigenvalue weighted by molar-refractivity contribution is -0.132. The van der Waals surface area contributed by atoms with Crippen LogP contribution in [0, 0.1) is 5.92 Å². The number of carbonyl (C=O) groups is 1. The Kier molecular flexibility index (Phi) is 7.99. The van der Waals surface area contributed by atoms with E-state index in [9.17, 15) is 4.79 Å².